The Morgan fingerprint density at radius 3 is 1.75 bits per heavy atom. The lowest BCUT2D eigenvalue weighted by atomic mass is 9.90. The van der Waals surface area contributed by atoms with Crippen molar-refractivity contribution in [1.82, 2.24) is 5.32 Å². The summed E-state index contributed by atoms with van der Waals surface area (Å²) in [4.78, 5) is 25.3. The zero-order valence-corrected chi connectivity index (χ0v) is 33.9. The second kappa shape index (κ2) is 21.3. The summed E-state index contributed by atoms with van der Waals surface area (Å²) in [5, 5.41) is 171. The van der Waals surface area contributed by atoms with Gasteiger partial charge in [0.05, 0.1) is 38.1 Å². The Hall–Kier alpha value is -2.02. The fourth-order valence-corrected chi connectivity index (χ4v) is 7.84. The van der Waals surface area contributed by atoms with Crippen LogP contribution in [0.3, 0.4) is 0 Å². The third-order valence-electron chi connectivity index (χ3n) is 11.6. The van der Waals surface area contributed by atoms with E-state index in [1.54, 1.807) is 0 Å². The minimum absolute atomic E-state index is 0.831. The summed E-state index contributed by atoms with van der Waals surface area (Å²) in [6, 6.07) is -1.74. The number of carboxylic acids is 1. The van der Waals surface area contributed by atoms with E-state index in [0.29, 0.717) is 0 Å². The van der Waals surface area contributed by atoms with E-state index in [0.717, 1.165) is 6.92 Å². The number of ether oxygens (including phenoxy) is 9. The fraction of sp³-hybridized carbons (Fsp3) is 0.943. The van der Waals surface area contributed by atoms with Crippen molar-refractivity contribution in [3.05, 3.63) is 0 Å². The molecule has 0 aromatic rings. The van der Waals surface area contributed by atoms with E-state index in [-0.39, 0.29) is 0 Å². The van der Waals surface area contributed by atoms with E-state index in [4.69, 9.17) is 42.6 Å². The van der Waals surface area contributed by atoms with Gasteiger partial charge in [0.25, 0.3) is 5.79 Å². The average molecular weight is 926 g/mol. The summed E-state index contributed by atoms with van der Waals surface area (Å²) in [6.07, 6.45) is -46.1. The quantitative estimate of drug-likeness (QED) is 0.0725. The molecule has 63 heavy (non-hydrogen) atoms. The molecule has 0 spiro atoms. The molecule has 0 radical (unpaired) electrons. The summed E-state index contributed by atoms with van der Waals surface area (Å²) in [5.74, 6) is -5.90. The predicted octanol–water partition coefficient (Wildman–Crippen LogP) is -10.5. The first-order valence-corrected chi connectivity index (χ1v) is 19.9. The zero-order valence-electron chi connectivity index (χ0n) is 33.9. The number of aliphatic carboxylic acids is 1. The monoisotopic (exact) mass is 925 g/mol. The van der Waals surface area contributed by atoms with Gasteiger partial charge in [0, 0.05) is 13.3 Å². The SMILES string of the molecule is CC(=O)N[C@H]1C(O)O[C@H](CO[C@]2(C(=O)O)C[C@H](O[C@@H]3O[C@@H](C)[C@@H](O)[C@@H](O)[C@@H]3O)[C@@H](O)[C@H]([C@H](O)[C@H](O)CO)O2)[C@H](O)[C@@H]1O[C@H]1O[C@H](CO)[C@H](O)[C@H](O)[C@H]1O[C@@H]1O[C@@H](C)[C@@H](O)[C@@H](O)[C@@H]1O. The van der Waals surface area contributed by atoms with Gasteiger partial charge in [-0.25, -0.2) is 4.79 Å². The summed E-state index contributed by atoms with van der Waals surface area (Å²) >= 11 is 0. The highest BCUT2D eigenvalue weighted by molar-refractivity contribution is 5.76. The van der Waals surface area contributed by atoms with Crippen molar-refractivity contribution in [3.63, 3.8) is 0 Å². The van der Waals surface area contributed by atoms with Crippen molar-refractivity contribution in [2.24, 2.45) is 0 Å². The summed E-state index contributed by atoms with van der Waals surface area (Å²) in [6.45, 7) is 0.400. The van der Waals surface area contributed by atoms with Crippen molar-refractivity contribution in [3.8, 4) is 0 Å². The van der Waals surface area contributed by atoms with Crippen molar-refractivity contribution < 1.29 is 134 Å². The Balaban J connectivity index is 1.43. The lowest BCUT2D eigenvalue weighted by molar-refractivity contribution is -0.383. The molecule has 5 aliphatic rings. The molecule has 5 aliphatic heterocycles. The number of aliphatic hydroxyl groups excluding tert-OH is 15. The normalized spacial score (nSPS) is 49.5. The number of amides is 1. The van der Waals surface area contributed by atoms with Gasteiger partial charge in [-0.15, -0.1) is 0 Å². The number of hydrogen-bond donors (Lipinski definition) is 17. The number of hydrogen-bond acceptors (Lipinski definition) is 26. The molecule has 5 rings (SSSR count). The highest BCUT2D eigenvalue weighted by Gasteiger charge is 2.59. The Labute approximate surface area is 357 Å². The van der Waals surface area contributed by atoms with E-state index in [1.807, 2.05) is 0 Å². The standard InChI is InChI=1S/C35H59NO27/c1-8-16(41)22(47)25(50)31(56-8)59-12-4-35(34(53)54,63-28(20(12)45)18(43)11(40)5-37)55-7-14-21(46)27(15(30(52)58-14)36-10(3)39)61-33-29(24(49)19(44)13(6-38)60-33)62-32-26(51)23(48)17(42)9(2)57-32/h8-9,11-33,37-38,40-52H,4-7H2,1-3H3,(H,36,39)(H,53,54)/t8-,9-,11+,12-,13+,14+,15+,16+,17+,18+,19-,20+,21-,22+,23+,24-,25-,26-,27+,28-,29+,30?,31-,32-,33+,35+/m0/s1. The van der Waals surface area contributed by atoms with Crippen molar-refractivity contribution >= 4 is 11.9 Å². The fourth-order valence-electron chi connectivity index (χ4n) is 7.84. The van der Waals surface area contributed by atoms with Crippen LogP contribution in [0.5, 0.6) is 0 Å². The van der Waals surface area contributed by atoms with Crippen LogP contribution < -0.4 is 5.32 Å². The van der Waals surface area contributed by atoms with Gasteiger partial charge in [-0.1, -0.05) is 0 Å². The first-order chi connectivity index (χ1) is 29.5. The van der Waals surface area contributed by atoms with Gasteiger partial charge in [0.1, 0.15) is 110 Å². The van der Waals surface area contributed by atoms with E-state index in [2.05, 4.69) is 5.32 Å². The molecule has 5 saturated heterocycles. The van der Waals surface area contributed by atoms with Gasteiger partial charge in [0.2, 0.25) is 5.91 Å². The lowest BCUT2D eigenvalue weighted by Gasteiger charge is -2.50. The van der Waals surface area contributed by atoms with Crippen LogP contribution in [0.4, 0.5) is 0 Å². The highest BCUT2D eigenvalue weighted by Crippen LogP contribution is 2.38. The van der Waals surface area contributed by atoms with Gasteiger partial charge in [-0.3, -0.25) is 4.79 Å². The Kier molecular flexibility index (Phi) is 17.6. The second-order valence-corrected chi connectivity index (χ2v) is 16.1. The highest BCUT2D eigenvalue weighted by atomic mass is 16.8. The molecule has 26 atom stereocenters. The summed E-state index contributed by atoms with van der Waals surface area (Å²) < 4.78 is 50.5. The molecule has 0 aromatic heterocycles. The molecule has 17 N–H and O–H groups in total. The third-order valence-corrected chi connectivity index (χ3v) is 11.6. The molecule has 1 unspecified atom stereocenters. The van der Waals surface area contributed by atoms with E-state index >= 15 is 0 Å². The molecule has 28 heteroatoms. The second-order valence-electron chi connectivity index (χ2n) is 16.1. The lowest BCUT2D eigenvalue weighted by Crippen LogP contribution is -2.69. The Bertz CT molecular complexity index is 1500. The van der Waals surface area contributed by atoms with Crippen LogP contribution in [0.2, 0.25) is 0 Å². The van der Waals surface area contributed by atoms with Crippen LogP contribution in [-0.2, 0) is 52.2 Å². The van der Waals surface area contributed by atoms with Crippen molar-refractivity contribution in [1.29, 1.82) is 0 Å². The number of rotatable bonds is 15. The average Bonchev–Trinajstić information content (AvgIpc) is 3.24. The van der Waals surface area contributed by atoms with Gasteiger partial charge >= 0.3 is 5.97 Å². The maximum atomic E-state index is 13.0. The summed E-state index contributed by atoms with van der Waals surface area (Å²) in [7, 11) is 0. The van der Waals surface area contributed by atoms with Crippen LogP contribution in [0, 0.1) is 0 Å². The van der Waals surface area contributed by atoms with Crippen LogP contribution >= 0.6 is 0 Å². The van der Waals surface area contributed by atoms with Crippen LogP contribution in [0.25, 0.3) is 0 Å². The van der Waals surface area contributed by atoms with E-state index in [9.17, 15) is 91.3 Å². The van der Waals surface area contributed by atoms with Gasteiger partial charge < -0.3 is 130 Å². The molecule has 0 aromatic carbocycles. The molecule has 1 amide bonds. The summed E-state index contributed by atoms with van der Waals surface area (Å²) in [5.41, 5.74) is 0. The van der Waals surface area contributed by atoms with Gasteiger partial charge in [-0.2, -0.15) is 0 Å². The maximum absolute atomic E-state index is 13.0. The molecular weight excluding hydrogens is 866 g/mol. The number of carbonyl (C=O) groups excluding carboxylic acids is 1. The van der Waals surface area contributed by atoms with Crippen LogP contribution in [0.15, 0.2) is 0 Å². The largest absolute Gasteiger partial charge is 0.477 e. The maximum Gasteiger partial charge on any atom is 0.364 e. The molecule has 28 nitrogen and oxygen atoms in total. The van der Waals surface area contributed by atoms with Crippen molar-refractivity contribution in [2.45, 2.75) is 186 Å². The van der Waals surface area contributed by atoms with Crippen LogP contribution in [0.1, 0.15) is 27.2 Å². The predicted molar refractivity (Wildman–Crippen MR) is 192 cm³/mol. The van der Waals surface area contributed by atoms with E-state index in [1.165, 1.54) is 13.8 Å². The number of nitrogens with one attached hydrogen (secondary N) is 1. The van der Waals surface area contributed by atoms with Gasteiger partial charge in [0.15, 0.2) is 25.2 Å². The Morgan fingerprint density at radius 1 is 0.667 bits per heavy atom. The van der Waals surface area contributed by atoms with Crippen molar-refractivity contribution in [2.75, 3.05) is 19.8 Å². The molecule has 5 heterocycles. The molecular formula is C35H59NO27. The first kappa shape index (κ1) is 52.0. The smallest absolute Gasteiger partial charge is 0.364 e. The minimum atomic E-state index is -3.07. The molecule has 0 aliphatic carbocycles. The van der Waals surface area contributed by atoms with E-state index < -0.39 is 197 Å². The number of carboxylic acid groups (broad SMARTS) is 1. The molecule has 0 saturated carbocycles. The molecule has 5 fully saturated rings. The Morgan fingerprint density at radius 2 is 1.22 bits per heavy atom. The number of carbonyl (C=O) groups is 2. The third kappa shape index (κ3) is 10.9. The number of aliphatic hydroxyl groups is 15. The first-order valence-electron chi connectivity index (χ1n) is 19.9. The topological polar surface area (TPSA) is 453 Å². The zero-order chi connectivity index (χ0) is 47.0. The van der Waals surface area contributed by atoms with Crippen LogP contribution in [-0.4, -0.2) is 272 Å². The molecule has 0 bridgehead atoms. The minimum Gasteiger partial charge on any atom is -0.477 e. The molecule has 366 valence electrons. The van der Waals surface area contributed by atoms with Gasteiger partial charge in [-0.05, 0) is 13.8 Å².